The largest absolute Gasteiger partial charge is 0.211 e. The van der Waals surface area contributed by atoms with Gasteiger partial charge in [-0.1, -0.05) is 30.3 Å². The molecule has 0 N–H and O–H groups in total. The summed E-state index contributed by atoms with van der Waals surface area (Å²) in [6, 6.07) is 10.0. The highest BCUT2D eigenvalue weighted by molar-refractivity contribution is 5.14. The van der Waals surface area contributed by atoms with Crippen LogP contribution in [0.2, 0.25) is 0 Å². The van der Waals surface area contributed by atoms with Crippen molar-refractivity contribution in [3.05, 3.63) is 35.9 Å². The van der Waals surface area contributed by atoms with Crippen LogP contribution in [0.4, 0.5) is 0 Å². The Morgan fingerprint density at radius 1 is 1.27 bits per heavy atom. The predicted octanol–water partition coefficient (Wildman–Crippen LogP) is 1.31. The third kappa shape index (κ3) is 2.72. The molecular formula is C9H9N2. The van der Waals surface area contributed by atoms with Gasteiger partial charge in [0, 0.05) is 0 Å². The van der Waals surface area contributed by atoms with Gasteiger partial charge in [0.25, 0.3) is 0 Å². The number of nitrogens with zero attached hydrogens (tertiary/aromatic N) is 2. The molecule has 0 amide bonds. The summed E-state index contributed by atoms with van der Waals surface area (Å²) in [7, 11) is 0. The van der Waals surface area contributed by atoms with Crippen molar-refractivity contribution in [2.45, 2.75) is 6.42 Å². The molecule has 11 heavy (non-hydrogen) atoms. The van der Waals surface area contributed by atoms with Crippen LogP contribution in [0.5, 0.6) is 0 Å². The van der Waals surface area contributed by atoms with Gasteiger partial charge in [-0.3, -0.25) is 0 Å². The zero-order valence-corrected chi connectivity index (χ0v) is 6.20. The van der Waals surface area contributed by atoms with Gasteiger partial charge < -0.3 is 0 Å². The molecule has 0 bridgehead atoms. The summed E-state index contributed by atoms with van der Waals surface area (Å²) < 4.78 is 0. The van der Waals surface area contributed by atoms with Crippen molar-refractivity contribution in [3.63, 3.8) is 0 Å². The number of rotatable bonds is 3. The third-order valence-corrected chi connectivity index (χ3v) is 1.43. The van der Waals surface area contributed by atoms with Gasteiger partial charge in [-0.05, 0) is 12.0 Å². The Kier molecular flexibility index (Phi) is 3.01. The van der Waals surface area contributed by atoms with Gasteiger partial charge in [-0.2, -0.15) is 5.26 Å². The Bertz CT molecular complexity index is 235. The lowest BCUT2D eigenvalue weighted by atomic mass is 10.2. The summed E-state index contributed by atoms with van der Waals surface area (Å²) in [6.45, 7) is 0.598. The maximum absolute atomic E-state index is 8.13. The van der Waals surface area contributed by atoms with E-state index < -0.39 is 0 Å². The van der Waals surface area contributed by atoms with Crippen LogP contribution in [0.15, 0.2) is 30.3 Å². The molecule has 0 aliphatic carbocycles. The van der Waals surface area contributed by atoms with Crippen LogP contribution in [-0.4, -0.2) is 6.54 Å². The first-order valence-corrected chi connectivity index (χ1v) is 3.53. The smallest absolute Gasteiger partial charge is 0.200 e. The summed E-state index contributed by atoms with van der Waals surface area (Å²) in [5, 5.41) is 11.7. The fraction of sp³-hybridized carbons (Fsp3) is 0.222. The summed E-state index contributed by atoms with van der Waals surface area (Å²) in [5.74, 6) is 0. The molecule has 1 radical (unpaired) electrons. The molecule has 55 valence electrons. The molecule has 0 fully saturated rings. The Hall–Kier alpha value is -1.49. The van der Waals surface area contributed by atoms with E-state index in [0.29, 0.717) is 6.54 Å². The minimum atomic E-state index is 0.598. The molecule has 0 unspecified atom stereocenters. The van der Waals surface area contributed by atoms with Crippen molar-refractivity contribution in [1.29, 1.82) is 5.26 Å². The SMILES string of the molecule is N#C[N]CCc1ccccc1. The number of hydrogen-bond acceptors (Lipinski definition) is 1. The van der Waals surface area contributed by atoms with Crippen LogP contribution >= 0.6 is 0 Å². The number of nitriles is 1. The Morgan fingerprint density at radius 2 is 2.00 bits per heavy atom. The molecule has 1 aromatic rings. The predicted molar refractivity (Wildman–Crippen MR) is 42.8 cm³/mol. The Labute approximate surface area is 66.5 Å². The van der Waals surface area contributed by atoms with Gasteiger partial charge in [0.2, 0.25) is 6.19 Å². The Morgan fingerprint density at radius 3 is 2.64 bits per heavy atom. The molecule has 0 atom stereocenters. The van der Waals surface area contributed by atoms with Crippen LogP contribution < -0.4 is 5.32 Å². The van der Waals surface area contributed by atoms with Crippen LogP contribution in [0.3, 0.4) is 0 Å². The zero-order chi connectivity index (χ0) is 7.94. The number of hydrogen-bond donors (Lipinski definition) is 0. The molecule has 0 aliphatic heterocycles. The fourth-order valence-electron chi connectivity index (χ4n) is 0.880. The van der Waals surface area contributed by atoms with Crippen molar-refractivity contribution in [2.24, 2.45) is 0 Å². The highest BCUT2D eigenvalue weighted by Gasteiger charge is 1.89. The van der Waals surface area contributed by atoms with Crippen molar-refractivity contribution < 1.29 is 0 Å². The normalized spacial score (nSPS) is 8.64. The van der Waals surface area contributed by atoms with Crippen molar-refractivity contribution in [3.8, 4) is 6.19 Å². The second kappa shape index (κ2) is 4.35. The molecule has 0 spiro atoms. The molecule has 0 saturated heterocycles. The molecule has 0 heterocycles. The topological polar surface area (TPSA) is 37.9 Å². The lowest BCUT2D eigenvalue weighted by Crippen LogP contribution is -2.01. The molecule has 1 aromatic carbocycles. The lowest BCUT2D eigenvalue weighted by Gasteiger charge is -1.95. The molecular weight excluding hydrogens is 136 g/mol. The highest BCUT2D eigenvalue weighted by atomic mass is 14.8. The monoisotopic (exact) mass is 145 g/mol. The van der Waals surface area contributed by atoms with Gasteiger partial charge in [-0.15, -0.1) is 0 Å². The lowest BCUT2D eigenvalue weighted by molar-refractivity contribution is 0.830. The van der Waals surface area contributed by atoms with E-state index in [1.165, 1.54) is 5.56 Å². The first kappa shape index (κ1) is 7.62. The van der Waals surface area contributed by atoms with Crippen molar-refractivity contribution in [2.75, 3.05) is 6.54 Å². The summed E-state index contributed by atoms with van der Waals surface area (Å²) >= 11 is 0. The number of benzene rings is 1. The fourth-order valence-corrected chi connectivity index (χ4v) is 0.880. The van der Waals surface area contributed by atoms with Gasteiger partial charge in [0.15, 0.2) is 0 Å². The average Bonchev–Trinajstić information content (AvgIpc) is 2.07. The van der Waals surface area contributed by atoms with Gasteiger partial charge in [0.1, 0.15) is 0 Å². The highest BCUT2D eigenvalue weighted by Crippen LogP contribution is 1.97. The van der Waals surface area contributed by atoms with Gasteiger partial charge in [0.05, 0.1) is 6.54 Å². The molecule has 0 saturated carbocycles. The quantitative estimate of drug-likeness (QED) is 0.467. The molecule has 2 nitrogen and oxygen atoms in total. The first-order valence-electron chi connectivity index (χ1n) is 3.53. The minimum Gasteiger partial charge on any atom is -0.211 e. The van der Waals surface area contributed by atoms with Gasteiger partial charge >= 0.3 is 0 Å². The van der Waals surface area contributed by atoms with Crippen LogP contribution in [0.25, 0.3) is 0 Å². The maximum atomic E-state index is 8.13. The summed E-state index contributed by atoms with van der Waals surface area (Å²) in [5.41, 5.74) is 1.23. The average molecular weight is 145 g/mol. The minimum absolute atomic E-state index is 0.598. The Balaban J connectivity index is 2.35. The molecule has 2 heteroatoms. The second-order valence-electron chi connectivity index (χ2n) is 2.22. The van der Waals surface area contributed by atoms with E-state index >= 15 is 0 Å². The van der Waals surface area contributed by atoms with E-state index in [1.54, 1.807) is 6.19 Å². The van der Waals surface area contributed by atoms with E-state index in [-0.39, 0.29) is 0 Å². The third-order valence-electron chi connectivity index (χ3n) is 1.43. The molecule has 0 aliphatic rings. The van der Waals surface area contributed by atoms with E-state index in [1.807, 2.05) is 30.3 Å². The van der Waals surface area contributed by atoms with Crippen LogP contribution in [0, 0.1) is 11.5 Å². The van der Waals surface area contributed by atoms with E-state index in [2.05, 4.69) is 5.32 Å². The summed E-state index contributed by atoms with van der Waals surface area (Å²) in [4.78, 5) is 0. The van der Waals surface area contributed by atoms with Crippen molar-refractivity contribution >= 4 is 0 Å². The van der Waals surface area contributed by atoms with Crippen LogP contribution in [0.1, 0.15) is 5.56 Å². The van der Waals surface area contributed by atoms with E-state index in [9.17, 15) is 0 Å². The first-order chi connectivity index (χ1) is 5.43. The van der Waals surface area contributed by atoms with Gasteiger partial charge in [-0.25, -0.2) is 5.32 Å². The van der Waals surface area contributed by atoms with Crippen molar-refractivity contribution in [1.82, 2.24) is 5.32 Å². The van der Waals surface area contributed by atoms with E-state index in [0.717, 1.165) is 6.42 Å². The summed E-state index contributed by atoms with van der Waals surface area (Å²) in [6.07, 6.45) is 2.62. The zero-order valence-electron chi connectivity index (χ0n) is 6.20. The maximum Gasteiger partial charge on any atom is 0.200 e. The second-order valence-corrected chi connectivity index (χ2v) is 2.22. The molecule has 1 rings (SSSR count). The molecule has 0 aromatic heterocycles. The van der Waals surface area contributed by atoms with Crippen LogP contribution in [-0.2, 0) is 6.42 Å². The van der Waals surface area contributed by atoms with E-state index in [4.69, 9.17) is 5.26 Å². The standard InChI is InChI=1S/C9H9N2/c10-8-11-7-6-9-4-2-1-3-5-9/h1-5H,6-7H2.